The van der Waals surface area contributed by atoms with Gasteiger partial charge in [0.15, 0.2) is 0 Å². The zero-order chi connectivity index (χ0) is 21.2. The maximum atomic E-state index is 11.1. The number of esters is 1. The molecule has 3 aromatic rings. The van der Waals surface area contributed by atoms with Crippen LogP contribution >= 0.6 is 11.8 Å². The third-order valence-electron chi connectivity index (χ3n) is 4.54. The number of carbonyl (C=O) groups is 1. The number of hydrogen-bond donors (Lipinski definition) is 1. The molecule has 0 aliphatic carbocycles. The van der Waals surface area contributed by atoms with Crippen molar-refractivity contribution in [3.05, 3.63) is 120 Å². The molecule has 0 unspecified atom stereocenters. The second-order valence-electron chi connectivity index (χ2n) is 6.52. The molecule has 0 bridgehead atoms. The fourth-order valence-electron chi connectivity index (χ4n) is 3.33. The molecule has 1 N–H and O–H groups in total. The molecule has 0 amide bonds. The van der Waals surface area contributed by atoms with Crippen LogP contribution in [0.3, 0.4) is 0 Å². The molecule has 0 saturated carbocycles. The molecular formula is C25H23NO3S. The van der Waals surface area contributed by atoms with Gasteiger partial charge in [0.1, 0.15) is 0 Å². The minimum absolute atomic E-state index is 0.132. The van der Waals surface area contributed by atoms with Crippen LogP contribution in [0.25, 0.3) is 0 Å². The Labute approximate surface area is 180 Å². The van der Waals surface area contributed by atoms with Crippen LogP contribution in [0.2, 0.25) is 0 Å². The van der Waals surface area contributed by atoms with E-state index >= 15 is 0 Å². The van der Waals surface area contributed by atoms with Crippen molar-refractivity contribution >= 4 is 23.6 Å². The summed E-state index contributed by atoms with van der Waals surface area (Å²) in [6.45, 7) is 1.26. The Kier molecular flexibility index (Phi) is 7.46. The Hall–Kier alpha value is -3.31. The number of oxime groups is 1. The van der Waals surface area contributed by atoms with Crippen molar-refractivity contribution in [2.24, 2.45) is 5.16 Å². The largest absolute Gasteiger partial charge is 0.408 e. The molecule has 0 aromatic heterocycles. The third kappa shape index (κ3) is 4.99. The first-order valence-electron chi connectivity index (χ1n) is 9.54. The van der Waals surface area contributed by atoms with Crippen LogP contribution in [0.15, 0.2) is 108 Å². The number of nitrogens with zero attached hydrogens (tertiary/aromatic N) is 1. The minimum atomic E-state index is -0.535. The topological polar surface area (TPSA) is 58.9 Å². The summed E-state index contributed by atoms with van der Waals surface area (Å²) in [5, 5.41) is 12.0. The summed E-state index contributed by atoms with van der Waals surface area (Å²) >= 11 is 1.74. The van der Waals surface area contributed by atoms with E-state index in [1.165, 1.54) is 13.0 Å². The number of thioether (sulfide) groups is 1. The van der Waals surface area contributed by atoms with Gasteiger partial charge in [0, 0.05) is 18.8 Å². The average Bonchev–Trinajstić information content (AvgIpc) is 2.80. The first-order valence-corrected chi connectivity index (χ1v) is 10.5. The summed E-state index contributed by atoms with van der Waals surface area (Å²) in [6, 6.07) is 31.1. The fraction of sp³-hybridized carbons (Fsp3) is 0.120. The van der Waals surface area contributed by atoms with E-state index in [0.29, 0.717) is 5.75 Å². The predicted octanol–water partition coefficient (Wildman–Crippen LogP) is 5.62. The Balaban J connectivity index is 2.02. The van der Waals surface area contributed by atoms with Gasteiger partial charge in [0.2, 0.25) is 0 Å². The van der Waals surface area contributed by atoms with E-state index in [4.69, 9.17) is 9.94 Å². The molecule has 0 atom stereocenters. The smallest absolute Gasteiger partial charge is 0.309 e. The van der Waals surface area contributed by atoms with Crippen molar-refractivity contribution < 1.29 is 14.7 Å². The van der Waals surface area contributed by atoms with Gasteiger partial charge in [0.05, 0.1) is 4.75 Å². The van der Waals surface area contributed by atoms with E-state index in [2.05, 4.69) is 41.6 Å². The Morgan fingerprint density at radius 2 is 1.33 bits per heavy atom. The zero-order valence-corrected chi connectivity index (χ0v) is 17.5. The SMILES string of the molecule is CC(=O)OC(/C=C/CSC(c1ccccc1)(c1ccccc1)c1ccccc1)=N\O. The molecule has 0 aliphatic heterocycles. The summed E-state index contributed by atoms with van der Waals surface area (Å²) in [6.07, 6.45) is 3.33. The highest BCUT2D eigenvalue weighted by molar-refractivity contribution is 8.00. The average molecular weight is 418 g/mol. The van der Waals surface area contributed by atoms with Crippen molar-refractivity contribution in [2.45, 2.75) is 11.7 Å². The van der Waals surface area contributed by atoms with Crippen molar-refractivity contribution in [3.63, 3.8) is 0 Å². The van der Waals surface area contributed by atoms with Gasteiger partial charge in [-0.05, 0) is 21.8 Å². The van der Waals surface area contributed by atoms with Crippen LogP contribution in [-0.4, -0.2) is 22.8 Å². The standard InChI is InChI=1S/C25H23NO3S/c1-20(27)29-24(26-28)18-11-19-30-25(21-12-5-2-6-13-21,22-14-7-3-8-15-22)23-16-9-4-10-17-23/h2-18,28H,19H2,1H3/b18-11+,26-24-. The highest BCUT2D eigenvalue weighted by Crippen LogP contribution is 2.48. The minimum Gasteiger partial charge on any atom is -0.408 e. The fourth-order valence-corrected chi connectivity index (χ4v) is 4.68. The molecular weight excluding hydrogens is 394 g/mol. The molecule has 0 aliphatic rings. The summed E-state index contributed by atoms with van der Waals surface area (Å²) in [7, 11) is 0. The molecule has 0 spiro atoms. The lowest BCUT2D eigenvalue weighted by Gasteiger charge is -2.35. The number of rotatable bonds is 7. The van der Waals surface area contributed by atoms with Gasteiger partial charge >= 0.3 is 5.97 Å². The zero-order valence-electron chi connectivity index (χ0n) is 16.6. The lowest BCUT2D eigenvalue weighted by Crippen LogP contribution is -2.26. The van der Waals surface area contributed by atoms with Crippen LogP contribution in [0.1, 0.15) is 23.6 Å². The maximum absolute atomic E-state index is 11.1. The maximum Gasteiger partial charge on any atom is 0.309 e. The van der Waals surface area contributed by atoms with E-state index in [0.717, 1.165) is 16.7 Å². The van der Waals surface area contributed by atoms with Crippen molar-refractivity contribution in [2.75, 3.05) is 5.75 Å². The molecule has 0 radical (unpaired) electrons. The van der Waals surface area contributed by atoms with Gasteiger partial charge in [-0.3, -0.25) is 4.79 Å². The highest BCUT2D eigenvalue weighted by Gasteiger charge is 2.36. The van der Waals surface area contributed by atoms with E-state index in [9.17, 15) is 4.79 Å². The number of benzene rings is 3. The molecule has 5 heteroatoms. The lowest BCUT2D eigenvalue weighted by molar-refractivity contribution is -0.133. The molecule has 0 heterocycles. The van der Waals surface area contributed by atoms with E-state index < -0.39 is 10.7 Å². The summed E-state index contributed by atoms with van der Waals surface area (Å²) < 4.78 is 4.41. The van der Waals surface area contributed by atoms with Gasteiger partial charge in [0.25, 0.3) is 5.90 Å². The number of ether oxygens (including phenoxy) is 1. The summed E-state index contributed by atoms with van der Waals surface area (Å²) in [4.78, 5) is 11.1. The van der Waals surface area contributed by atoms with Crippen LogP contribution in [-0.2, 0) is 14.3 Å². The third-order valence-corrected chi connectivity index (χ3v) is 6.04. The van der Waals surface area contributed by atoms with Gasteiger partial charge in [-0.2, -0.15) is 0 Å². The molecule has 30 heavy (non-hydrogen) atoms. The predicted molar refractivity (Wildman–Crippen MR) is 122 cm³/mol. The number of hydrogen-bond acceptors (Lipinski definition) is 5. The monoisotopic (exact) mass is 417 g/mol. The van der Waals surface area contributed by atoms with E-state index in [1.807, 2.05) is 60.7 Å². The van der Waals surface area contributed by atoms with Crippen molar-refractivity contribution in [1.29, 1.82) is 0 Å². The summed E-state index contributed by atoms with van der Waals surface area (Å²) in [5.41, 5.74) is 3.49. The van der Waals surface area contributed by atoms with Gasteiger partial charge in [-0.15, -0.1) is 11.8 Å². The van der Waals surface area contributed by atoms with Gasteiger partial charge in [-0.25, -0.2) is 0 Å². The first kappa shape index (κ1) is 21.4. The quantitative estimate of drug-likeness (QED) is 0.135. The van der Waals surface area contributed by atoms with E-state index in [-0.39, 0.29) is 5.90 Å². The highest BCUT2D eigenvalue weighted by atomic mass is 32.2. The summed E-state index contributed by atoms with van der Waals surface area (Å²) in [5.74, 6) is -0.0703. The Bertz CT molecular complexity index is 906. The molecule has 152 valence electrons. The van der Waals surface area contributed by atoms with Crippen LogP contribution < -0.4 is 0 Å². The van der Waals surface area contributed by atoms with E-state index in [1.54, 1.807) is 11.8 Å². The second kappa shape index (κ2) is 10.5. The molecule has 3 rings (SSSR count). The normalized spacial score (nSPS) is 12.1. The number of carbonyl (C=O) groups excluding carboxylic acids is 1. The molecule has 3 aromatic carbocycles. The van der Waals surface area contributed by atoms with Gasteiger partial charge < -0.3 is 9.94 Å². The lowest BCUT2D eigenvalue weighted by atomic mass is 9.84. The molecule has 0 saturated heterocycles. The Morgan fingerprint density at radius 3 is 1.70 bits per heavy atom. The second-order valence-corrected chi connectivity index (χ2v) is 7.76. The van der Waals surface area contributed by atoms with Gasteiger partial charge in [-0.1, -0.05) is 97.1 Å². The Morgan fingerprint density at radius 1 is 0.900 bits per heavy atom. The van der Waals surface area contributed by atoms with Crippen LogP contribution in [0.4, 0.5) is 0 Å². The van der Waals surface area contributed by atoms with Crippen LogP contribution in [0.5, 0.6) is 0 Å². The van der Waals surface area contributed by atoms with Crippen molar-refractivity contribution in [3.8, 4) is 0 Å². The van der Waals surface area contributed by atoms with Crippen molar-refractivity contribution in [1.82, 2.24) is 0 Å². The molecule has 4 nitrogen and oxygen atoms in total. The van der Waals surface area contributed by atoms with Crippen LogP contribution in [0, 0.1) is 0 Å². The molecule has 0 fully saturated rings. The first-order chi connectivity index (χ1) is 14.7.